The first-order valence-corrected chi connectivity index (χ1v) is 10.7. The van der Waals surface area contributed by atoms with Gasteiger partial charge in [0.25, 0.3) is 0 Å². The van der Waals surface area contributed by atoms with Crippen LogP contribution in [-0.2, 0) is 11.2 Å². The topological polar surface area (TPSA) is 92.7 Å². The van der Waals surface area contributed by atoms with Crippen LogP contribution in [0.2, 0.25) is 0 Å². The molecule has 3 heterocycles. The SMILES string of the molecule is Cc1nc(C)c(-c2ccnc(Nc3cccc(NC(=O)CCc4cccnc4)c3)n2)s1. The van der Waals surface area contributed by atoms with E-state index in [0.717, 1.165) is 32.5 Å². The highest BCUT2D eigenvalue weighted by Gasteiger charge is 2.10. The minimum atomic E-state index is -0.0460. The first-order valence-electron chi connectivity index (χ1n) is 9.90. The smallest absolute Gasteiger partial charge is 0.227 e. The van der Waals surface area contributed by atoms with Gasteiger partial charge in [-0.05, 0) is 56.2 Å². The van der Waals surface area contributed by atoms with E-state index >= 15 is 0 Å². The fourth-order valence-electron chi connectivity index (χ4n) is 3.15. The quantitative estimate of drug-likeness (QED) is 0.432. The molecule has 0 atom stereocenters. The molecular weight excluding hydrogens is 408 g/mol. The molecule has 0 fully saturated rings. The number of aryl methyl sites for hydroxylation is 3. The molecule has 1 aromatic carbocycles. The van der Waals surface area contributed by atoms with Crippen LogP contribution < -0.4 is 10.6 Å². The molecule has 0 spiro atoms. The summed E-state index contributed by atoms with van der Waals surface area (Å²) in [6, 6.07) is 13.2. The molecule has 1 amide bonds. The number of amides is 1. The summed E-state index contributed by atoms with van der Waals surface area (Å²) in [5.74, 6) is 0.443. The number of thiazole rings is 1. The zero-order valence-electron chi connectivity index (χ0n) is 17.3. The molecule has 31 heavy (non-hydrogen) atoms. The van der Waals surface area contributed by atoms with Gasteiger partial charge < -0.3 is 10.6 Å². The van der Waals surface area contributed by atoms with Gasteiger partial charge in [-0.1, -0.05) is 12.1 Å². The molecule has 0 saturated carbocycles. The monoisotopic (exact) mass is 430 g/mol. The summed E-state index contributed by atoms with van der Waals surface area (Å²) in [7, 11) is 0. The number of nitrogens with zero attached hydrogens (tertiary/aromatic N) is 4. The van der Waals surface area contributed by atoms with Crippen LogP contribution >= 0.6 is 11.3 Å². The van der Waals surface area contributed by atoms with E-state index in [-0.39, 0.29) is 5.91 Å². The van der Waals surface area contributed by atoms with E-state index in [9.17, 15) is 4.79 Å². The lowest BCUT2D eigenvalue weighted by Gasteiger charge is -2.09. The molecule has 0 radical (unpaired) electrons. The molecule has 0 bridgehead atoms. The molecule has 156 valence electrons. The van der Waals surface area contributed by atoms with Gasteiger partial charge in [-0.15, -0.1) is 11.3 Å². The van der Waals surface area contributed by atoms with Crippen LogP contribution in [0.15, 0.2) is 61.1 Å². The molecule has 8 heteroatoms. The Bertz CT molecular complexity index is 1190. The van der Waals surface area contributed by atoms with Crippen molar-refractivity contribution in [2.75, 3.05) is 10.6 Å². The van der Waals surface area contributed by atoms with E-state index < -0.39 is 0 Å². The highest BCUT2D eigenvalue weighted by molar-refractivity contribution is 7.15. The minimum absolute atomic E-state index is 0.0460. The number of hydrogen-bond acceptors (Lipinski definition) is 7. The van der Waals surface area contributed by atoms with Gasteiger partial charge in [-0.2, -0.15) is 0 Å². The molecule has 4 rings (SSSR count). The van der Waals surface area contributed by atoms with Gasteiger partial charge in [0.05, 0.1) is 21.3 Å². The number of carbonyl (C=O) groups is 1. The van der Waals surface area contributed by atoms with Crippen molar-refractivity contribution < 1.29 is 4.79 Å². The summed E-state index contributed by atoms with van der Waals surface area (Å²) in [6.07, 6.45) is 6.27. The van der Waals surface area contributed by atoms with Crippen LogP contribution in [0.4, 0.5) is 17.3 Å². The second kappa shape index (κ2) is 9.44. The van der Waals surface area contributed by atoms with Gasteiger partial charge in [-0.3, -0.25) is 9.78 Å². The maximum atomic E-state index is 12.3. The number of aromatic nitrogens is 4. The lowest BCUT2D eigenvalue weighted by Crippen LogP contribution is -2.12. The summed E-state index contributed by atoms with van der Waals surface area (Å²) in [4.78, 5) is 30.8. The van der Waals surface area contributed by atoms with Gasteiger partial charge >= 0.3 is 0 Å². The van der Waals surface area contributed by atoms with Crippen LogP contribution in [-0.4, -0.2) is 25.8 Å². The number of benzene rings is 1. The molecular formula is C23H22N6OS. The highest BCUT2D eigenvalue weighted by Crippen LogP contribution is 2.29. The zero-order chi connectivity index (χ0) is 21.6. The average Bonchev–Trinajstić information content (AvgIpc) is 3.11. The van der Waals surface area contributed by atoms with Gasteiger partial charge in [-0.25, -0.2) is 15.0 Å². The van der Waals surface area contributed by atoms with Crippen molar-refractivity contribution in [1.82, 2.24) is 19.9 Å². The Morgan fingerprint density at radius 2 is 1.90 bits per heavy atom. The summed E-state index contributed by atoms with van der Waals surface area (Å²) in [6.45, 7) is 3.96. The largest absolute Gasteiger partial charge is 0.326 e. The number of hydrogen-bond donors (Lipinski definition) is 2. The van der Waals surface area contributed by atoms with Crippen molar-refractivity contribution in [2.24, 2.45) is 0 Å². The van der Waals surface area contributed by atoms with Gasteiger partial charge in [0.15, 0.2) is 0 Å². The Hall–Kier alpha value is -3.65. The van der Waals surface area contributed by atoms with Crippen molar-refractivity contribution in [1.29, 1.82) is 0 Å². The normalized spacial score (nSPS) is 10.6. The van der Waals surface area contributed by atoms with Gasteiger partial charge in [0.1, 0.15) is 0 Å². The van der Waals surface area contributed by atoms with E-state index in [1.807, 2.05) is 56.3 Å². The molecule has 2 N–H and O–H groups in total. The maximum Gasteiger partial charge on any atom is 0.227 e. The molecule has 0 aliphatic carbocycles. The van der Waals surface area contributed by atoms with E-state index in [1.165, 1.54) is 0 Å². The number of nitrogens with one attached hydrogen (secondary N) is 2. The third kappa shape index (κ3) is 5.49. The zero-order valence-corrected chi connectivity index (χ0v) is 18.1. The number of pyridine rings is 1. The summed E-state index contributed by atoms with van der Waals surface area (Å²) in [5.41, 5.74) is 4.34. The van der Waals surface area contributed by atoms with Crippen molar-refractivity contribution in [2.45, 2.75) is 26.7 Å². The summed E-state index contributed by atoms with van der Waals surface area (Å²) >= 11 is 1.61. The molecule has 7 nitrogen and oxygen atoms in total. The standard InChI is InChI=1S/C23H22N6OS/c1-15-22(31-16(2)26-15)20-10-12-25-23(29-20)28-19-7-3-6-18(13-19)27-21(30)9-8-17-5-4-11-24-14-17/h3-7,10-14H,8-9H2,1-2H3,(H,27,30)(H,25,28,29). The number of anilines is 3. The third-order valence-electron chi connectivity index (χ3n) is 4.56. The van der Waals surface area contributed by atoms with Crippen LogP contribution in [0.1, 0.15) is 22.7 Å². The van der Waals surface area contributed by atoms with Crippen LogP contribution in [0.5, 0.6) is 0 Å². The lowest BCUT2D eigenvalue weighted by atomic mass is 10.1. The van der Waals surface area contributed by atoms with E-state index in [4.69, 9.17) is 0 Å². The molecule has 3 aromatic heterocycles. The van der Waals surface area contributed by atoms with Crippen molar-refractivity contribution in [3.05, 3.63) is 77.3 Å². The van der Waals surface area contributed by atoms with Crippen molar-refractivity contribution in [3.8, 4) is 10.6 Å². The first kappa shape index (κ1) is 20.6. The van der Waals surface area contributed by atoms with E-state index in [2.05, 4.69) is 30.6 Å². The average molecular weight is 431 g/mol. The minimum Gasteiger partial charge on any atom is -0.326 e. The number of carbonyl (C=O) groups excluding carboxylic acids is 1. The maximum absolute atomic E-state index is 12.3. The van der Waals surface area contributed by atoms with Crippen molar-refractivity contribution >= 4 is 34.6 Å². The molecule has 0 aliphatic heterocycles. The fraction of sp³-hybridized carbons (Fsp3) is 0.174. The lowest BCUT2D eigenvalue weighted by molar-refractivity contribution is -0.116. The second-order valence-corrected chi connectivity index (χ2v) is 8.23. The molecule has 4 aromatic rings. The van der Waals surface area contributed by atoms with Gasteiger partial charge in [0.2, 0.25) is 11.9 Å². The predicted molar refractivity (Wildman–Crippen MR) is 124 cm³/mol. The second-order valence-electron chi connectivity index (χ2n) is 7.03. The Kier molecular flexibility index (Phi) is 6.28. The highest BCUT2D eigenvalue weighted by atomic mass is 32.1. The van der Waals surface area contributed by atoms with Crippen LogP contribution in [0.25, 0.3) is 10.6 Å². The Morgan fingerprint density at radius 3 is 2.68 bits per heavy atom. The Morgan fingerprint density at radius 1 is 1.03 bits per heavy atom. The van der Waals surface area contributed by atoms with E-state index in [1.54, 1.807) is 29.9 Å². The Labute approximate surface area is 184 Å². The first-order chi connectivity index (χ1) is 15.1. The van der Waals surface area contributed by atoms with Crippen LogP contribution in [0, 0.1) is 13.8 Å². The molecule has 0 saturated heterocycles. The van der Waals surface area contributed by atoms with E-state index in [0.29, 0.717) is 24.5 Å². The van der Waals surface area contributed by atoms with Crippen LogP contribution in [0.3, 0.4) is 0 Å². The fourth-order valence-corrected chi connectivity index (χ4v) is 4.04. The van der Waals surface area contributed by atoms with Gasteiger partial charge in [0, 0.05) is 36.4 Å². The molecule has 0 aliphatic rings. The summed E-state index contributed by atoms with van der Waals surface area (Å²) in [5, 5.41) is 7.16. The predicted octanol–water partition coefficient (Wildman–Crippen LogP) is 4.93. The number of rotatable bonds is 7. The molecule has 0 unspecified atom stereocenters. The van der Waals surface area contributed by atoms with Crippen molar-refractivity contribution in [3.63, 3.8) is 0 Å². The Balaban J connectivity index is 1.41. The third-order valence-corrected chi connectivity index (χ3v) is 5.65. The summed E-state index contributed by atoms with van der Waals surface area (Å²) < 4.78 is 0.